The first-order chi connectivity index (χ1) is 8.84. The second-order valence-corrected chi connectivity index (χ2v) is 3.68. The Morgan fingerprint density at radius 1 is 1.47 bits per heavy atom. The van der Waals surface area contributed by atoms with Crippen LogP contribution in [-0.2, 0) is 22.1 Å². The number of ether oxygens (including phenoxy) is 1. The third-order valence-electron chi connectivity index (χ3n) is 2.23. The number of hydrogen-bond acceptors (Lipinski definition) is 4. The molecule has 0 spiro atoms. The molecule has 19 heavy (non-hydrogen) atoms. The van der Waals surface area contributed by atoms with Crippen molar-refractivity contribution < 1.29 is 27.8 Å². The SMILES string of the molecule is N#CCOC(=O)[C@@H](O)Cc1cccc(C(F)(F)F)c1. The number of aliphatic hydroxyl groups is 1. The predicted molar refractivity (Wildman–Crippen MR) is 57.7 cm³/mol. The molecule has 0 fully saturated rings. The number of esters is 1. The number of nitriles is 1. The molecule has 4 nitrogen and oxygen atoms in total. The van der Waals surface area contributed by atoms with E-state index in [1.54, 1.807) is 6.07 Å². The fourth-order valence-electron chi connectivity index (χ4n) is 1.38. The smallest absolute Gasteiger partial charge is 0.416 e. The fraction of sp³-hybridized carbons (Fsp3) is 0.333. The van der Waals surface area contributed by atoms with Crippen LogP contribution in [0.4, 0.5) is 13.2 Å². The summed E-state index contributed by atoms with van der Waals surface area (Å²) in [6.45, 7) is -0.515. The van der Waals surface area contributed by atoms with Crippen LogP contribution >= 0.6 is 0 Å². The highest BCUT2D eigenvalue weighted by molar-refractivity contribution is 5.74. The average molecular weight is 273 g/mol. The summed E-state index contributed by atoms with van der Waals surface area (Å²) >= 11 is 0. The molecule has 0 bridgehead atoms. The van der Waals surface area contributed by atoms with Crippen LogP contribution in [0.25, 0.3) is 0 Å². The average Bonchev–Trinajstić information content (AvgIpc) is 2.35. The van der Waals surface area contributed by atoms with Crippen LogP contribution in [0.15, 0.2) is 24.3 Å². The van der Waals surface area contributed by atoms with E-state index in [2.05, 4.69) is 4.74 Å². The Bertz CT molecular complexity index is 494. The van der Waals surface area contributed by atoms with E-state index in [4.69, 9.17) is 5.26 Å². The van der Waals surface area contributed by atoms with Gasteiger partial charge >= 0.3 is 12.1 Å². The van der Waals surface area contributed by atoms with Gasteiger partial charge in [0.1, 0.15) is 6.07 Å². The fourth-order valence-corrected chi connectivity index (χ4v) is 1.38. The molecule has 1 rings (SSSR count). The number of halogens is 3. The topological polar surface area (TPSA) is 70.3 Å². The molecule has 0 aliphatic carbocycles. The van der Waals surface area contributed by atoms with Gasteiger partial charge in [0.05, 0.1) is 5.56 Å². The lowest BCUT2D eigenvalue weighted by molar-refractivity contribution is -0.151. The van der Waals surface area contributed by atoms with Gasteiger partial charge in [-0.2, -0.15) is 18.4 Å². The first-order valence-corrected chi connectivity index (χ1v) is 5.22. The highest BCUT2D eigenvalue weighted by Gasteiger charge is 2.30. The van der Waals surface area contributed by atoms with Gasteiger partial charge in [-0.1, -0.05) is 18.2 Å². The second kappa shape index (κ2) is 6.20. The van der Waals surface area contributed by atoms with Gasteiger partial charge in [-0.05, 0) is 11.6 Å². The molecule has 0 radical (unpaired) electrons. The Morgan fingerprint density at radius 2 is 2.16 bits per heavy atom. The number of aliphatic hydroxyl groups excluding tert-OH is 1. The molecule has 7 heteroatoms. The van der Waals surface area contributed by atoms with E-state index in [-0.39, 0.29) is 12.0 Å². The Balaban J connectivity index is 2.72. The molecule has 1 aromatic carbocycles. The molecule has 0 heterocycles. The van der Waals surface area contributed by atoms with E-state index in [1.165, 1.54) is 12.1 Å². The molecular formula is C12H10F3NO3. The van der Waals surface area contributed by atoms with Crippen LogP contribution in [-0.4, -0.2) is 23.8 Å². The lowest BCUT2D eigenvalue weighted by Gasteiger charge is -2.11. The van der Waals surface area contributed by atoms with Crippen LogP contribution in [0.5, 0.6) is 0 Å². The minimum absolute atomic E-state index is 0.149. The largest absolute Gasteiger partial charge is 0.448 e. The van der Waals surface area contributed by atoms with Crippen molar-refractivity contribution in [3.05, 3.63) is 35.4 Å². The maximum absolute atomic E-state index is 12.4. The van der Waals surface area contributed by atoms with Crippen molar-refractivity contribution in [1.82, 2.24) is 0 Å². The zero-order valence-electron chi connectivity index (χ0n) is 9.65. The maximum atomic E-state index is 12.4. The van der Waals surface area contributed by atoms with E-state index in [1.807, 2.05) is 0 Å². The van der Waals surface area contributed by atoms with Crippen LogP contribution < -0.4 is 0 Å². The Labute approximate surface area is 107 Å². The highest BCUT2D eigenvalue weighted by atomic mass is 19.4. The molecule has 0 aromatic heterocycles. The minimum atomic E-state index is -4.48. The van der Waals surface area contributed by atoms with E-state index >= 15 is 0 Å². The van der Waals surface area contributed by atoms with Gasteiger partial charge in [0.2, 0.25) is 0 Å². The molecule has 1 N–H and O–H groups in total. The number of nitrogens with zero attached hydrogens (tertiary/aromatic N) is 1. The Morgan fingerprint density at radius 3 is 2.74 bits per heavy atom. The van der Waals surface area contributed by atoms with Gasteiger partial charge in [-0.3, -0.25) is 0 Å². The summed E-state index contributed by atoms with van der Waals surface area (Å²) in [5.41, 5.74) is -0.709. The maximum Gasteiger partial charge on any atom is 0.416 e. The summed E-state index contributed by atoms with van der Waals surface area (Å²) < 4.78 is 41.7. The van der Waals surface area contributed by atoms with Gasteiger partial charge in [-0.15, -0.1) is 0 Å². The van der Waals surface area contributed by atoms with Gasteiger partial charge < -0.3 is 9.84 Å². The summed E-state index contributed by atoms with van der Waals surface area (Å²) in [6.07, 6.45) is -6.40. The lowest BCUT2D eigenvalue weighted by Crippen LogP contribution is -2.25. The number of carbonyl (C=O) groups is 1. The van der Waals surface area contributed by atoms with Crippen molar-refractivity contribution in [1.29, 1.82) is 5.26 Å². The monoisotopic (exact) mass is 273 g/mol. The lowest BCUT2D eigenvalue weighted by atomic mass is 10.0. The number of alkyl halides is 3. The molecule has 0 aliphatic rings. The molecule has 0 saturated heterocycles. The van der Waals surface area contributed by atoms with Gasteiger partial charge in [-0.25, -0.2) is 4.79 Å². The van der Waals surface area contributed by atoms with Crippen LogP contribution in [0, 0.1) is 11.3 Å². The molecule has 0 unspecified atom stereocenters. The number of benzene rings is 1. The third-order valence-corrected chi connectivity index (χ3v) is 2.23. The van der Waals surface area contributed by atoms with E-state index in [0.29, 0.717) is 0 Å². The summed E-state index contributed by atoms with van der Waals surface area (Å²) in [5.74, 6) is -1.04. The molecule has 1 aromatic rings. The van der Waals surface area contributed by atoms with Crippen molar-refractivity contribution >= 4 is 5.97 Å². The summed E-state index contributed by atoms with van der Waals surface area (Å²) in [4.78, 5) is 11.1. The molecule has 0 amide bonds. The summed E-state index contributed by atoms with van der Waals surface area (Å²) in [7, 11) is 0. The molecule has 0 saturated carbocycles. The van der Waals surface area contributed by atoms with Gasteiger partial charge in [0.25, 0.3) is 0 Å². The first kappa shape index (κ1) is 15.0. The zero-order chi connectivity index (χ0) is 14.5. The standard InChI is InChI=1S/C12H10F3NO3/c13-12(14,15)9-3-1-2-8(6-9)7-10(17)11(18)19-5-4-16/h1-3,6,10,17H,5,7H2/t10-/m0/s1. The van der Waals surface area contributed by atoms with Crippen LogP contribution in [0.3, 0.4) is 0 Å². The minimum Gasteiger partial charge on any atom is -0.448 e. The van der Waals surface area contributed by atoms with E-state index in [0.717, 1.165) is 12.1 Å². The molecule has 1 atom stereocenters. The Hall–Kier alpha value is -2.07. The molecular weight excluding hydrogens is 263 g/mol. The predicted octanol–water partition coefficient (Wildman–Crippen LogP) is 1.68. The first-order valence-electron chi connectivity index (χ1n) is 5.22. The van der Waals surface area contributed by atoms with Crippen LogP contribution in [0.1, 0.15) is 11.1 Å². The van der Waals surface area contributed by atoms with E-state index < -0.39 is 30.4 Å². The van der Waals surface area contributed by atoms with E-state index in [9.17, 15) is 23.1 Å². The second-order valence-electron chi connectivity index (χ2n) is 3.68. The zero-order valence-corrected chi connectivity index (χ0v) is 9.65. The van der Waals surface area contributed by atoms with Gasteiger partial charge in [0, 0.05) is 6.42 Å². The van der Waals surface area contributed by atoms with Crippen LogP contribution in [0.2, 0.25) is 0 Å². The molecule has 102 valence electrons. The molecule has 0 aliphatic heterocycles. The highest BCUT2D eigenvalue weighted by Crippen LogP contribution is 2.29. The van der Waals surface area contributed by atoms with Gasteiger partial charge in [0.15, 0.2) is 12.7 Å². The number of carbonyl (C=O) groups excluding carboxylic acids is 1. The van der Waals surface area contributed by atoms with Crippen molar-refractivity contribution in [3.8, 4) is 6.07 Å². The number of rotatable bonds is 4. The van der Waals surface area contributed by atoms with Crippen molar-refractivity contribution in [2.24, 2.45) is 0 Å². The van der Waals surface area contributed by atoms with Crippen molar-refractivity contribution in [2.45, 2.75) is 18.7 Å². The summed E-state index contributed by atoms with van der Waals surface area (Å²) in [5, 5.41) is 17.6. The van der Waals surface area contributed by atoms with Crippen molar-refractivity contribution in [2.75, 3.05) is 6.61 Å². The quantitative estimate of drug-likeness (QED) is 0.847. The number of hydrogen-bond donors (Lipinski definition) is 1. The Kier molecular flexibility index (Phi) is 4.89. The third kappa shape index (κ3) is 4.60. The normalized spacial score (nSPS) is 12.6. The van der Waals surface area contributed by atoms with Crippen molar-refractivity contribution in [3.63, 3.8) is 0 Å². The summed E-state index contributed by atoms with van der Waals surface area (Å²) in [6, 6.07) is 5.83.